The first kappa shape index (κ1) is 19.2. The first-order chi connectivity index (χ1) is 15.2. The molecule has 0 radical (unpaired) electrons. The van der Waals surface area contributed by atoms with Crippen LogP contribution in [0.3, 0.4) is 0 Å². The van der Waals surface area contributed by atoms with Gasteiger partial charge in [-0.1, -0.05) is 18.2 Å². The van der Waals surface area contributed by atoms with Crippen molar-refractivity contribution in [3.8, 4) is 0 Å². The Morgan fingerprint density at radius 1 is 1.10 bits per heavy atom. The van der Waals surface area contributed by atoms with Gasteiger partial charge in [-0.2, -0.15) is 0 Å². The third-order valence-electron chi connectivity index (χ3n) is 5.52. The molecule has 1 N–H and O–H groups in total. The summed E-state index contributed by atoms with van der Waals surface area (Å²) in [6, 6.07) is 13.6. The third kappa shape index (κ3) is 3.72. The summed E-state index contributed by atoms with van der Waals surface area (Å²) < 4.78 is 15.1. The number of hydrogen-bond acceptors (Lipinski definition) is 5. The number of aromatic nitrogens is 4. The van der Waals surface area contributed by atoms with Crippen LogP contribution in [0.5, 0.6) is 0 Å². The number of amides is 1. The number of rotatable bonds is 5. The molecule has 1 atom stereocenters. The minimum atomic E-state index is -0.302. The second kappa shape index (κ2) is 8.14. The molecule has 0 spiro atoms. The van der Waals surface area contributed by atoms with Gasteiger partial charge in [0.15, 0.2) is 5.69 Å². The highest BCUT2D eigenvalue weighted by Crippen LogP contribution is 2.34. The number of imidazole rings is 1. The lowest BCUT2D eigenvalue weighted by Crippen LogP contribution is -2.26. The van der Waals surface area contributed by atoms with Crippen molar-refractivity contribution < 1.29 is 9.18 Å². The third-order valence-corrected chi connectivity index (χ3v) is 5.52. The van der Waals surface area contributed by atoms with Gasteiger partial charge in [0.2, 0.25) is 5.95 Å². The van der Waals surface area contributed by atoms with E-state index in [-0.39, 0.29) is 17.8 Å². The summed E-state index contributed by atoms with van der Waals surface area (Å²) in [6.45, 7) is 1.14. The van der Waals surface area contributed by atoms with Crippen molar-refractivity contribution in [1.82, 2.24) is 24.7 Å². The quantitative estimate of drug-likeness (QED) is 0.539. The minimum absolute atomic E-state index is 0.0176. The summed E-state index contributed by atoms with van der Waals surface area (Å²) >= 11 is 0. The summed E-state index contributed by atoms with van der Waals surface area (Å²) in [5, 5.41) is 2.90. The molecule has 0 aliphatic carbocycles. The van der Waals surface area contributed by atoms with Gasteiger partial charge in [0.1, 0.15) is 11.6 Å². The molecule has 1 aromatic carbocycles. The van der Waals surface area contributed by atoms with E-state index in [9.17, 15) is 9.18 Å². The highest BCUT2D eigenvalue weighted by Gasteiger charge is 2.32. The van der Waals surface area contributed by atoms with Gasteiger partial charge in [0.05, 0.1) is 11.6 Å². The lowest BCUT2D eigenvalue weighted by atomic mass is 10.2. The largest absolute Gasteiger partial charge is 0.347 e. The van der Waals surface area contributed by atoms with Crippen LogP contribution in [0.25, 0.3) is 5.52 Å². The average molecular weight is 416 g/mol. The smallest absolute Gasteiger partial charge is 0.272 e. The lowest BCUT2D eigenvalue weighted by Gasteiger charge is -2.23. The van der Waals surface area contributed by atoms with Crippen LogP contribution in [0.4, 0.5) is 10.3 Å². The number of halogens is 1. The summed E-state index contributed by atoms with van der Waals surface area (Å²) in [6.07, 6.45) is 7.29. The van der Waals surface area contributed by atoms with Crippen molar-refractivity contribution in [3.05, 3.63) is 90.0 Å². The predicted octanol–water partition coefficient (Wildman–Crippen LogP) is 3.53. The highest BCUT2D eigenvalue weighted by molar-refractivity contribution is 5.99. The van der Waals surface area contributed by atoms with Gasteiger partial charge in [-0.3, -0.25) is 4.79 Å². The maximum absolute atomic E-state index is 13.1. The molecule has 0 bridgehead atoms. The standard InChI is InChI=1S/C23H21FN6O/c24-17-9-7-16(8-10-17)15-27-22(31)20-18-5-1-2-13-29(18)21(28-20)19-6-3-14-30(19)23-25-11-4-12-26-23/h1-2,4-5,7-13,19H,3,6,14-15H2,(H,27,31). The van der Waals surface area contributed by atoms with Gasteiger partial charge in [-0.25, -0.2) is 19.3 Å². The first-order valence-corrected chi connectivity index (χ1v) is 10.2. The molecule has 1 aliphatic rings. The van der Waals surface area contributed by atoms with Crippen LogP contribution in [0.1, 0.15) is 40.8 Å². The molecule has 1 saturated heterocycles. The fourth-order valence-electron chi connectivity index (χ4n) is 4.05. The summed E-state index contributed by atoms with van der Waals surface area (Å²) in [5.74, 6) is 0.899. The molecule has 1 unspecified atom stereocenters. The molecule has 156 valence electrons. The molecule has 8 heteroatoms. The zero-order valence-electron chi connectivity index (χ0n) is 16.8. The maximum Gasteiger partial charge on any atom is 0.272 e. The number of anilines is 1. The number of nitrogens with zero attached hydrogens (tertiary/aromatic N) is 5. The molecule has 4 heterocycles. The van der Waals surface area contributed by atoms with Crippen molar-refractivity contribution in [2.45, 2.75) is 25.4 Å². The van der Waals surface area contributed by atoms with Crippen LogP contribution in [-0.4, -0.2) is 31.8 Å². The Hall–Kier alpha value is -3.81. The zero-order chi connectivity index (χ0) is 21.2. The van der Waals surface area contributed by atoms with Crippen molar-refractivity contribution in [3.63, 3.8) is 0 Å². The number of pyridine rings is 1. The van der Waals surface area contributed by atoms with Gasteiger partial charge < -0.3 is 14.6 Å². The van der Waals surface area contributed by atoms with E-state index in [0.29, 0.717) is 18.2 Å². The maximum atomic E-state index is 13.1. The average Bonchev–Trinajstić information content (AvgIpc) is 3.44. The molecule has 3 aromatic heterocycles. The fourth-order valence-corrected chi connectivity index (χ4v) is 4.05. The van der Waals surface area contributed by atoms with E-state index >= 15 is 0 Å². The van der Waals surface area contributed by atoms with E-state index < -0.39 is 0 Å². The number of hydrogen-bond donors (Lipinski definition) is 1. The Morgan fingerprint density at radius 2 is 1.90 bits per heavy atom. The number of carbonyl (C=O) groups is 1. The van der Waals surface area contributed by atoms with Crippen molar-refractivity contribution in [2.75, 3.05) is 11.4 Å². The Labute approximate surface area is 178 Å². The van der Waals surface area contributed by atoms with Crippen LogP contribution in [0.2, 0.25) is 0 Å². The van der Waals surface area contributed by atoms with Gasteiger partial charge >= 0.3 is 0 Å². The zero-order valence-corrected chi connectivity index (χ0v) is 16.8. The van der Waals surface area contributed by atoms with Gasteiger partial charge in [0.25, 0.3) is 5.91 Å². The molecular formula is C23H21FN6O. The summed E-state index contributed by atoms with van der Waals surface area (Å²) in [4.78, 5) is 28.7. The fraction of sp³-hybridized carbons (Fsp3) is 0.217. The Bertz CT molecular complexity index is 1210. The molecule has 1 aliphatic heterocycles. The minimum Gasteiger partial charge on any atom is -0.347 e. The normalized spacial score (nSPS) is 16.0. The van der Waals surface area contributed by atoms with Crippen LogP contribution in [-0.2, 0) is 6.54 Å². The first-order valence-electron chi connectivity index (χ1n) is 10.2. The molecule has 1 fully saturated rings. The van der Waals surface area contributed by atoms with Crippen molar-refractivity contribution in [2.24, 2.45) is 0 Å². The van der Waals surface area contributed by atoms with E-state index in [0.717, 1.165) is 36.3 Å². The number of fused-ring (bicyclic) bond motifs is 1. The molecular weight excluding hydrogens is 395 g/mol. The Balaban J connectivity index is 1.45. The second-order valence-corrected chi connectivity index (χ2v) is 7.48. The molecule has 31 heavy (non-hydrogen) atoms. The van der Waals surface area contributed by atoms with E-state index in [1.165, 1.54) is 12.1 Å². The molecule has 1 amide bonds. The van der Waals surface area contributed by atoms with Crippen molar-refractivity contribution in [1.29, 1.82) is 0 Å². The molecule has 4 aromatic rings. The molecule has 5 rings (SSSR count). The number of nitrogens with one attached hydrogen (secondary N) is 1. The van der Waals surface area contributed by atoms with E-state index in [2.05, 4.69) is 20.2 Å². The van der Waals surface area contributed by atoms with Gasteiger partial charge in [-0.05, 0) is 48.7 Å². The highest BCUT2D eigenvalue weighted by atomic mass is 19.1. The Kier molecular flexibility index (Phi) is 5.03. The van der Waals surface area contributed by atoms with Gasteiger partial charge in [0, 0.05) is 31.7 Å². The predicted molar refractivity (Wildman–Crippen MR) is 114 cm³/mol. The summed E-state index contributed by atoms with van der Waals surface area (Å²) in [7, 11) is 0. The molecule has 7 nitrogen and oxygen atoms in total. The number of benzene rings is 1. The van der Waals surface area contributed by atoms with Crippen molar-refractivity contribution >= 4 is 17.4 Å². The topological polar surface area (TPSA) is 75.4 Å². The van der Waals surface area contributed by atoms with Crippen LogP contribution >= 0.6 is 0 Å². The van der Waals surface area contributed by atoms with Crippen LogP contribution in [0, 0.1) is 5.82 Å². The Morgan fingerprint density at radius 3 is 2.71 bits per heavy atom. The number of carbonyl (C=O) groups excluding carboxylic acids is 1. The second-order valence-electron chi connectivity index (χ2n) is 7.48. The van der Waals surface area contributed by atoms with E-state index in [1.54, 1.807) is 30.6 Å². The van der Waals surface area contributed by atoms with E-state index in [1.807, 2.05) is 28.8 Å². The van der Waals surface area contributed by atoms with Crippen LogP contribution < -0.4 is 10.2 Å². The van der Waals surface area contributed by atoms with Gasteiger partial charge in [-0.15, -0.1) is 0 Å². The molecule has 0 saturated carbocycles. The summed E-state index contributed by atoms with van der Waals surface area (Å²) in [5.41, 5.74) is 1.94. The monoisotopic (exact) mass is 416 g/mol. The van der Waals surface area contributed by atoms with Crippen LogP contribution in [0.15, 0.2) is 67.1 Å². The lowest BCUT2D eigenvalue weighted by molar-refractivity contribution is 0.0948. The van der Waals surface area contributed by atoms with E-state index in [4.69, 9.17) is 4.98 Å². The SMILES string of the molecule is O=C(NCc1ccc(F)cc1)c1nc(C2CCCN2c2ncccn2)n2ccccc12.